The molecule has 0 saturated carbocycles. The molecular weight excluding hydrogens is 255 g/mol. The summed E-state index contributed by atoms with van der Waals surface area (Å²) in [6.07, 6.45) is 3.19. The zero-order valence-electron chi connectivity index (χ0n) is 9.86. The van der Waals surface area contributed by atoms with Crippen LogP contribution in [0.5, 0.6) is 0 Å². The maximum Gasteiger partial charge on any atom is 0.202 e. The molecule has 0 fully saturated rings. The zero-order valence-corrected chi connectivity index (χ0v) is 10.6. The van der Waals surface area contributed by atoms with Crippen molar-refractivity contribution in [1.82, 2.24) is 9.55 Å². The molecule has 0 unspecified atom stereocenters. The predicted octanol–water partition coefficient (Wildman–Crippen LogP) is 3.12. The van der Waals surface area contributed by atoms with Crippen molar-refractivity contribution in [2.75, 3.05) is 0 Å². The number of carbonyl (C=O) groups excluding carboxylic acids is 1. The van der Waals surface area contributed by atoms with Crippen molar-refractivity contribution in [3.63, 3.8) is 0 Å². The number of halogens is 2. The molecule has 5 heteroatoms. The zero-order chi connectivity index (χ0) is 13.1. The van der Waals surface area contributed by atoms with Crippen LogP contribution in [0.2, 0.25) is 5.02 Å². The van der Waals surface area contributed by atoms with Gasteiger partial charge in [-0.05, 0) is 19.1 Å². The molecule has 3 nitrogen and oxygen atoms in total. The number of aromatic nitrogens is 2. The van der Waals surface area contributed by atoms with E-state index in [-0.39, 0.29) is 22.8 Å². The maximum atomic E-state index is 13.6. The molecule has 0 radical (unpaired) electrons. The highest BCUT2D eigenvalue weighted by Gasteiger charge is 2.16. The van der Waals surface area contributed by atoms with Crippen LogP contribution in [0.4, 0.5) is 4.39 Å². The fraction of sp³-hybridized carbons (Fsp3) is 0.231. The second kappa shape index (κ2) is 5.31. The third-order valence-electron chi connectivity index (χ3n) is 2.70. The van der Waals surface area contributed by atoms with Crippen molar-refractivity contribution < 1.29 is 9.18 Å². The predicted molar refractivity (Wildman–Crippen MR) is 67.3 cm³/mol. The van der Waals surface area contributed by atoms with Crippen molar-refractivity contribution >= 4 is 17.4 Å². The number of aryl methyl sites for hydroxylation is 1. The van der Waals surface area contributed by atoms with Gasteiger partial charge in [0.25, 0.3) is 0 Å². The molecule has 94 valence electrons. The average Bonchev–Trinajstić information content (AvgIpc) is 2.82. The maximum absolute atomic E-state index is 13.6. The Labute approximate surface area is 109 Å². The second-order valence-corrected chi connectivity index (χ2v) is 4.24. The molecule has 1 aromatic carbocycles. The lowest BCUT2D eigenvalue weighted by atomic mass is 10.1. The first-order chi connectivity index (χ1) is 8.63. The number of nitrogens with zero attached hydrogens (tertiary/aromatic N) is 2. The van der Waals surface area contributed by atoms with Crippen LogP contribution in [0.3, 0.4) is 0 Å². The van der Waals surface area contributed by atoms with E-state index in [2.05, 4.69) is 4.98 Å². The van der Waals surface area contributed by atoms with E-state index < -0.39 is 5.82 Å². The van der Waals surface area contributed by atoms with Gasteiger partial charge in [0.2, 0.25) is 5.78 Å². The van der Waals surface area contributed by atoms with E-state index in [9.17, 15) is 9.18 Å². The molecule has 1 aromatic heterocycles. The number of hydrogen-bond acceptors (Lipinski definition) is 2. The summed E-state index contributed by atoms with van der Waals surface area (Å²) in [5, 5.41) is 0.262. The van der Waals surface area contributed by atoms with Gasteiger partial charge in [-0.25, -0.2) is 9.37 Å². The largest absolute Gasteiger partial charge is 0.329 e. The molecular formula is C13H12ClFN2O. The monoisotopic (exact) mass is 266 g/mol. The van der Waals surface area contributed by atoms with Gasteiger partial charge in [-0.1, -0.05) is 17.7 Å². The van der Waals surface area contributed by atoms with Crippen molar-refractivity contribution in [2.45, 2.75) is 19.9 Å². The van der Waals surface area contributed by atoms with Crippen LogP contribution < -0.4 is 0 Å². The Morgan fingerprint density at radius 2 is 2.28 bits per heavy atom. The molecule has 0 bridgehead atoms. The van der Waals surface area contributed by atoms with Gasteiger partial charge in [0.1, 0.15) is 5.82 Å². The van der Waals surface area contributed by atoms with Crippen LogP contribution in [0.1, 0.15) is 23.1 Å². The van der Waals surface area contributed by atoms with Crippen LogP contribution in [0.25, 0.3) is 0 Å². The van der Waals surface area contributed by atoms with Gasteiger partial charge < -0.3 is 4.57 Å². The molecule has 2 aromatic rings. The highest BCUT2D eigenvalue weighted by atomic mass is 35.5. The minimum atomic E-state index is -0.467. The van der Waals surface area contributed by atoms with Gasteiger partial charge in [0.15, 0.2) is 5.82 Å². The molecule has 0 N–H and O–H groups in total. The van der Waals surface area contributed by atoms with E-state index in [1.165, 1.54) is 12.1 Å². The van der Waals surface area contributed by atoms with Crippen LogP contribution >= 0.6 is 11.6 Å². The number of carbonyl (C=O) groups is 1. The molecule has 2 rings (SSSR count). The lowest BCUT2D eigenvalue weighted by molar-refractivity contribution is 0.0978. The lowest BCUT2D eigenvalue weighted by Crippen LogP contribution is -2.12. The average molecular weight is 267 g/mol. The smallest absolute Gasteiger partial charge is 0.202 e. The summed E-state index contributed by atoms with van der Waals surface area (Å²) >= 11 is 5.89. The number of rotatable bonds is 4. The SMILES string of the molecule is CCn1ccnc1C(=O)Cc1c(F)cccc1Cl. The third kappa shape index (κ3) is 2.43. The van der Waals surface area contributed by atoms with Crippen molar-refractivity contribution in [1.29, 1.82) is 0 Å². The summed E-state index contributed by atoms with van der Waals surface area (Å²) in [4.78, 5) is 16.0. The van der Waals surface area contributed by atoms with E-state index in [1.807, 2.05) is 6.92 Å². The third-order valence-corrected chi connectivity index (χ3v) is 3.06. The van der Waals surface area contributed by atoms with Crippen molar-refractivity contribution in [2.24, 2.45) is 0 Å². The van der Waals surface area contributed by atoms with Gasteiger partial charge >= 0.3 is 0 Å². The Morgan fingerprint density at radius 1 is 1.50 bits per heavy atom. The summed E-state index contributed by atoms with van der Waals surface area (Å²) in [5.41, 5.74) is 0.217. The molecule has 0 saturated heterocycles. The quantitative estimate of drug-likeness (QED) is 0.797. The molecule has 18 heavy (non-hydrogen) atoms. The normalized spacial score (nSPS) is 10.6. The number of ketones is 1. The van der Waals surface area contributed by atoms with Gasteiger partial charge in [0, 0.05) is 35.9 Å². The van der Waals surface area contributed by atoms with Gasteiger partial charge in [-0.3, -0.25) is 4.79 Å². The molecule has 0 atom stereocenters. The van der Waals surface area contributed by atoms with Crippen LogP contribution in [0, 0.1) is 5.82 Å². The number of Topliss-reactive ketones (excluding diaryl/α,β-unsaturated/α-hetero) is 1. The Balaban J connectivity index is 2.27. The van der Waals surface area contributed by atoms with Gasteiger partial charge in [0.05, 0.1) is 0 Å². The van der Waals surface area contributed by atoms with E-state index in [0.717, 1.165) is 0 Å². The highest BCUT2D eigenvalue weighted by Crippen LogP contribution is 2.20. The molecule has 0 aliphatic rings. The standard InChI is InChI=1S/C13H12ClFN2O/c1-2-17-7-6-16-13(17)12(18)8-9-10(14)4-3-5-11(9)15/h3-7H,2,8H2,1H3. The number of hydrogen-bond donors (Lipinski definition) is 0. The van der Waals surface area contributed by atoms with Crippen molar-refractivity contribution in [3.05, 3.63) is 52.8 Å². The van der Waals surface area contributed by atoms with Gasteiger partial charge in [-0.2, -0.15) is 0 Å². The van der Waals surface area contributed by atoms with E-state index >= 15 is 0 Å². The van der Waals surface area contributed by atoms with E-state index in [1.54, 1.807) is 23.0 Å². The Morgan fingerprint density at radius 3 is 2.94 bits per heavy atom. The fourth-order valence-corrected chi connectivity index (χ4v) is 1.99. The first kappa shape index (κ1) is 12.8. The van der Waals surface area contributed by atoms with Gasteiger partial charge in [-0.15, -0.1) is 0 Å². The number of benzene rings is 1. The first-order valence-corrected chi connectivity index (χ1v) is 5.98. The van der Waals surface area contributed by atoms with Crippen molar-refractivity contribution in [3.8, 4) is 0 Å². The topological polar surface area (TPSA) is 34.9 Å². The lowest BCUT2D eigenvalue weighted by Gasteiger charge is -2.06. The molecule has 1 heterocycles. The summed E-state index contributed by atoms with van der Waals surface area (Å²) in [5.74, 6) is -0.379. The summed E-state index contributed by atoms with van der Waals surface area (Å²) in [6.45, 7) is 2.56. The Bertz CT molecular complexity index is 560. The Kier molecular flexibility index (Phi) is 3.77. The number of imidazole rings is 1. The molecule has 0 aliphatic carbocycles. The minimum Gasteiger partial charge on any atom is -0.329 e. The summed E-state index contributed by atoms with van der Waals surface area (Å²) in [7, 11) is 0. The fourth-order valence-electron chi connectivity index (χ4n) is 1.76. The van der Waals surface area contributed by atoms with E-state index in [0.29, 0.717) is 12.4 Å². The minimum absolute atomic E-state index is 0.0808. The van der Waals surface area contributed by atoms with Crippen LogP contribution in [0.15, 0.2) is 30.6 Å². The van der Waals surface area contributed by atoms with E-state index in [4.69, 9.17) is 11.6 Å². The molecule has 0 spiro atoms. The summed E-state index contributed by atoms with van der Waals surface area (Å²) < 4.78 is 15.3. The summed E-state index contributed by atoms with van der Waals surface area (Å²) in [6, 6.07) is 4.37. The first-order valence-electron chi connectivity index (χ1n) is 5.60. The van der Waals surface area contributed by atoms with Crippen LogP contribution in [-0.4, -0.2) is 15.3 Å². The highest BCUT2D eigenvalue weighted by molar-refractivity contribution is 6.31. The van der Waals surface area contributed by atoms with Crippen LogP contribution in [-0.2, 0) is 13.0 Å². The second-order valence-electron chi connectivity index (χ2n) is 3.84. The molecule has 0 aliphatic heterocycles. The molecule has 0 amide bonds. The Hall–Kier alpha value is -1.68.